The second kappa shape index (κ2) is 6.61. The van der Waals surface area contributed by atoms with Crippen molar-refractivity contribution in [1.29, 1.82) is 0 Å². The van der Waals surface area contributed by atoms with E-state index in [2.05, 4.69) is 15.2 Å². The molecule has 2 fully saturated rings. The Kier molecular flexibility index (Phi) is 4.82. The molecule has 0 spiro atoms. The molecule has 1 aliphatic carbocycles. The highest BCUT2D eigenvalue weighted by atomic mass is 35.5. The van der Waals surface area contributed by atoms with Crippen molar-refractivity contribution in [2.24, 2.45) is 5.92 Å². The largest absolute Gasteiger partial charge is 0.316 e. The summed E-state index contributed by atoms with van der Waals surface area (Å²) < 4.78 is 0. The highest BCUT2D eigenvalue weighted by Gasteiger charge is 2.31. The fourth-order valence-electron chi connectivity index (χ4n) is 2.96. The highest BCUT2D eigenvalue weighted by Crippen LogP contribution is 2.31. The van der Waals surface area contributed by atoms with E-state index in [4.69, 9.17) is 23.2 Å². The molecule has 0 bridgehead atoms. The van der Waals surface area contributed by atoms with Crippen LogP contribution in [-0.2, 0) is 6.54 Å². The SMILES string of the molecule is Clc1cc(Cl)c(CN(CC2CCCNC2)C2CC2)cn1. The number of aromatic nitrogens is 1. The zero-order valence-electron chi connectivity index (χ0n) is 11.6. The number of hydrogen-bond acceptors (Lipinski definition) is 3. The Bertz CT molecular complexity index is 456. The summed E-state index contributed by atoms with van der Waals surface area (Å²) in [6, 6.07) is 2.48. The van der Waals surface area contributed by atoms with Gasteiger partial charge in [0.15, 0.2) is 0 Å². The minimum Gasteiger partial charge on any atom is -0.316 e. The number of pyridine rings is 1. The van der Waals surface area contributed by atoms with Gasteiger partial charge in [0, 0.05) is 35.9 Å². The quantitative estimate of drug-likeness (QED) is 0.845. The Morgan fingerprint density at radius 2 is 2.15 bits per heavy atom. The molecule has 1 unspecified atom stereocenters. The van der Waals surface area contributed by atoms with Gasteiger partial charge in [0.1, 0.15) is 5.15 Å². The van der Waals surface area contributed by atoms with Crippen LogP contribution in [0.4, 0.5) is 0 Å². The Labute approximate surface area is 130 Å². The van der Waals surface area contributed by atoms with Gasteiger partial charge in [-0.25, -0.2) is 4.98 Å². The lowest BCUT2D eigenvalue weighted by Gasteiger charge is -2.30. The number of nitrogens with one attached hydrogen (secondary N) is 1. The molecule has 1 aromatic rings. The van der Waals surface area contributed by atoms with Crippen molar-refractivity contribution in [2.75, 3.05) is 19.6 Å². The topological polar surface area (TPSA) is 28.2 Å². The first-order valence-corrected chi connectivity index (χ1v) is 8.22. The van der Waals surface area contributed by atoms with Gasteiger partial charge in [-0.3, -0.25) is 4.90 Å². The molecule has 1 saturated carbocycles. The summed E-state index contributed by atoms with van der Waals surface area (Å²) in [5.41, 5.74) is 1.09. The summed E-state index contributed by atoms with van der Waals surface area (Å²) in [5.74, 6) is 0.767. The van der Waals surface area contributed by atoms with Gasteiger partial charge in [-0.05, 0) is 50.8 Å². The fraction of sp³-hybridized carbons (Fsp3) is 0.667. The van der Waals surface area contributed by atoms with Crippen molar-refractivity contribution in [2.45, 2.75) is 38.3 Å². The number of piperidine rings is 1. The van der Waals surface area contributed by atoms with Gasteiger partial charge in [0.2, 0.25) is 0 Å². The molecule has 2 aliphatic rings. The molecule has 1 saturated heterocycles. The van der Waals surface area contributed by atoms with Gasteiger partial charge in [0.25, 0.3) is 0 Å². The third kappa shape index (κ3) is 3.85. The third-order valence-electron chi connectivity index (χ3n) is 4.22. The average Bonchev–Trinajstić information content (AvgIpc) is 3.26. The van der Waals surface area contributed by atoms with Crippen LogP contribution in [0.25, 0.3) is 0 Å². The van der Waals surface area contributed by atoms with E-state index < -0.39 is 0 Å². The molecule has 110 valence electrons. The smallest absolute Gasteiger partial charge is 0.130 e. The van der Waals surface area contributed by atoms with Crippen LogP contribution >= 0.6 is 23.2 Å². The molecule has 1 atom stereocenters. The average molecular weight is 314 g/mol. The van der Waals surface area contributed by atoms with Crippen LogP contribution in [0, 0.1) is 5.92 Å². The Hall–Kier alpha value is -0.350. The van der Waals surface area contributed by atoms with E-state index in [0.717, 1.165) is 42.2 Å². The van der Waals surface area contributed by atoms with E-state index in [1.807, 2.05) is 6.20 Å². The van der Waals surface area contributed by atoms with Crippen LogP contribution in [0.15, 0.2) is 12.3 Å². The van der Waals surface area contributed by atoms with Crippen molar-refractivity contribution in [3.63, 3.8) is 0 Å². The van der Waals surface area contributed by atoms with Crippen LogP contribution in [0.5, 0.6) is 0 Å². The zero-order chi connectivity index (χ0) is 13.9. The van der Waals surface area contributed by atoms with Crippen LogP contribution in [0.3, 0.4) is 0 Å². The molecule has 0 aromatic carbocycles. The number of rotatable bonds is 5. The zero-order valence-corrected chi connectivity index (χ0v) is 13.1. The Balaban J connectivity index is 1.64. The highest BCUT2D eigenvalue weighted by molar-refractivity contribution is 6.34. The first-order valence-electron chi connectivity index (χ1n) is 7.47. The standard InChI is InChI=1S/C15H21Cl2N3/c16-14-6-15(17)19-8-12(14)10-20(13-3-4-13)9-11-2-1-5-18-7-11/h6,8,11,13,18H,1-5,7,9-10H2. The summed E-state index contributed by atoms with van der Waals surface area (Å²) in [5, 5.41) is 4.70. The molecule has 5 heteroatoms. The molecule has 3 rings (SSSR count). The van der Waals surface area contributed by atoms with E-state index in [0.29, 0.717) is 5.15 Å². The number of halogens is 2. The fourth-order valence-corrected chi connectivity index (χ4v) is 3.39. The lowest BCUT2D eigenvalue weighted by molar-refractivity contribution is 0.192. The maximum Gasteiger partial charge on any atom is 0.130 e. The summed E-state index contributed by atoms with van der Waals surface area (Å²) in [7, 11) is 0. The van der Waals surface area contributed by atoms with Gasteiger partial charge in [0.05, 0.1) is 0 Å². The molecule has 20 heavy (non-hydrogen) atoms. The molecule has 0 radical (unpaired) electrons. The second-order valence-electron chi connectivity index (χ2n) is 5.97. The van der Waals surface area contributed by atoms with Gasteiger partial charge in [-0.2, -0.15) is 0 Å². The molecule has 3 nitrogen and oxygen atoms in total. The minimum atomic E-state index is 0.466. The number of nitrogens with zero attached hydrogens (tertiary/aromatic N) is 2. The molecule has 2 heterocycles. The van der Waals surface area contributed by atoms with Crippen molar-refractivity contribution < 1.29 is 0 Å². The predicted molar refractivity (Wildman–Crippen MR) is 83.3 cm³/mol. The summed E-state index contributed by atoms with van der Waals surface area (Å²) in [6.45, 7) is 4.38. The van der Waals surface area contributed by atoms with Crippen LogP contribution in [0.2, 0.25) is 10.2 Å². The molecule has 1 aromatic heterocycles. The summed E-state index contributed by atoms with van der Waals surface area (Å²) in [4.78, 5) is 6.74. The first kappa shape index (κ1) is 14.6. The predicted octanol–water partition coefficient (Wildman–Crippen LogP) is 3.35. The molecule has 0 amide bonds. The van der Waals surface area contributed by atoms with E-state index in [1.165, 1.54) is 32.2 Å². The van der Waals surface area contributed by atoms with Crippen molar-refractivity contribution in [3.05, 3.63) is 28.0 Å². The van der Waals surface area contributed by atoms with Gasteiger partial charge in [-0.15, -0.1) is 0 Å². The van der Waals surface area contributed by atoms with Crippen LogP contribution < -0.4 is 5.32 Å². The third-order valence-corrected chi connectivity index (χ3v) is 4.78. The number of hydrogen-bond donors (Lipinski definition) is 1. The second-order valence-corrected chi connectivity index (χ2v) is 6.77. The maximum atomic E-state index is 6.28. The Morgan fingerprint density at radius 3 is 2.80 bits per heavy atom. The van der Waals surface area contributed by atoms with E-state index in [-0.39, 0.29) is 0 Å². The van der Waals surface area contributed by atoms with Gasteiger partial charge < -0.3 is 5.32 Å². The molecule has 1 aliphatic heterocycles. The lowest BCUT2D eigenvalue weighted by Crippen LogP contribution is -2.39. The summed E-state index contributed by atoms with van der Waals surface area (Å²) >= 11 is 12.1. The van der Waals surface area contributed by atoms with E-state index >= 15 is 0 Å². The van der Waals surface area contributed by atoms with Crippen molar-refractivity contribution >= 4 is 23.2 Å². The molecule has 1 N–H and O–H groups in total. The maximum absolute atomic E-state index is 6.28. The van der Waals surface area contributed by atoms with Crippen LogP contribution in [0.1, 0.15) is 31.2 Å². The monoisotopic (exact) mass is 313 g/mol. The van der Waals surface area contributed by atoms with Gasteiger partial charge in [-0.1, -0.05) is 23.2 Å². The van der Waals surface area contributed by atoms with Crippen molar-refractivity contribution in [3.8, 4) is 0 Å². The van der Waals surface area contributed by atoms with E-state index in [9.17, 15) is 0 Å². The first-order chi connectivity index (χ1) is 9.72. The molecular formula is C15H21Cl2N3. The lowest BCUT2D eigenvalue weighted by atomic mass is 9.99. The van der Waals surface area contributed by atoms with Gasteiger partial charge >= 0.3 is 0 Å². The normalized spacial score (nSPS) is 23.2. The minimum absolute atomic E-state index is 0.466. The van der Waals surface area contributed by atoms with Crippen LogP contribution in [-0.4, -0.2) is 35.6 Å². The van der Waals surface area contributed by atoms with Crippen molar-refractivity contribution in [1.82, 2.24) is 15.2 Å². The molecular weight excluding hydrogens is 293 g/mol. The Morgan fingerprint density at radius 1 is 1.30 bits per heavy atom. The summed E-state index contributed by atoms with van der Waals surface area (Å²) in [6.07, 6.45) is 7.09. The van der Waals surface area contributed by atoms with E-state index in [1.54, 1.807) is 6.07 Å².